The molecule has 2 rings (SSSR count). The van der Waals surface area contributed by atoms with E-state index in [4.69, 9.17) is 5.73 Å². The van der Waals surface area contributed by atoms with Gasteiger partial charge in [-0.1, -0.05) is 42.1 Å². The highest BCUT2D eigenvalue weighted by atomic mass is 32.2. The fourth-order valence-corrected chi connectivity index (χ4v) is 2.17. The maximum absolute atomic E-state index is 13.0. The van der Waals surface area contributed by atoms with Crippen LogP contribution in [0.1, 0.15) is 11.1 Å². The van der Waals surface area contributed by atoms with Crippen LogP contribution in [0.4, 0.5) is 8.78 Å². The minimum Gasteiger partial charge on any atom is -0.377 e. The maximum atomic E-state index is 13.0. The van der Waals surface area contributed by atoms with E-state index in [0.29, 0.717) is 5.75 Å². The fourth-order valence-electron chi connectivity index (χ4n) is 1.56. The number of benzene rings is 2. The normalized spacial score (nSPS) is 12.0. The molecule has 2 N–H and O–H groups in total. The number of amidine groups is 1. The van der Waals surface area contributed by atoms with Crippen molar-refractivity contribution in [1.82, 2.24) is 0 Å². The van der Waals surface area contributed by atoms with Gasteiger partial charge in [0.05, 0.1) is 6.21 Å². The van der Waals surface area contributed by atoms with Gasteiger partial charge in [0.2, 0.25) is 0 Å². The Balaban J connectivity index is 1.92. The zero-order valence-corrected chi connectivity index (χ0v) is 11.9. The minimum absolute atomic E-state index is 0.284. The Hall–Kier alpha value is -2.21. The molecular formula is C15H13F2N3S. The number of hydrogen-bond acceptors (Lipinski definition) is 3. The third kappa shape index (κ3) is 5.35. The van der Waals surface area contributed by atoms with Gasteiger partial charge < -0.3 is 5.73 Å². The number of thioether (sulfide) groups is 1. The van der Waals surface area contributed by atoms with Gasteiger partial charge in [-0.25, -0.2) is 8.78 Å². The molecule has 0 amide bonds. The summed E-state index contributed by atoms with van der Waals surface area (Å²) in [5.74, 6) is -0.640. The predicted octanol–water partition coefficient (Wildman–Crippen LogP) is 3.55. The van der Waals surface area contributed by atoms with Crippen LogP contribution in [-0.4, -0.2) is 11.4 Å². The van der Waals surface area contributed by atoms with E-state index in [1.807, 2.05) is 30.3 Å². The van der Waals surface area contributed by atoms with Gasteiger partial charge in [0.25, 0.3) is 0 Å². The van der Waals surface area contributed by atoms with Crippen LogP contribution in [-0.2, 0) is 5.75 Å². The molecule has 0 atom stereocenters. The highest BCUT2D eigenvalue weighted by Crippen LogP contribution is 2.11. The van der Waals surface area contributed by atoms with Crippen LogP contribution < -0.4 is 5.73 Å². The van der Waals surface area contributed by atoms with E-state index in [0.717, 1.165) is 23.8 Å². The number of halogens is 2. The number of nitrogens with two attached hydrogens (primary N) is 1. The minimum atomic E-state index is -0.660. The van der Waals surface area contributed by atoms with E-state index < -0.39 is 11.6 Å². The summed E-state index contributed by atoms with van der Waals surface area (Å²) in [6.07, 6.45) is 1.25. The second-order valence-electron chi connectivity index (χ2n) is 4.16. The lowest BCUT2D eigenvalue weighted by atomic mass is 10.2. The molecule has 0 aliphatic heterocycles. The first kappa shape index (κ1) is 15.2. The van der Waals surface area contributed by atoms with E-state index >= 15 is 0 Å². The van der Waals surface area contributed by atoms with E-state index in [9.17, 15) is 8.78 Å². The largest absolute Gasteiger partial charge is 0.377 e. The van der Waals surface area contributed by atoms with Crippen molar-refractivity contribution in [2.45, 2.75) is 5.75 Å². The summed E-state index contributed by atoms with van der Waals surface area (Å²) in [6, 6.07) is 12.9. The van der Waals surface area contributed by atoms with E-state index in [2.05, 4.69) is 10.2 Å². The Labute approximate surface area is 125 Å². The topological polar surface area (TPSA) is 50.7 Å². The Kier molecular flexibility index (Phi) is 5.45. The van der Waals surface area contributed by atoms with Crippen molar-refractivity contribution in [2.75, 3.05) is 0 Å². The van der Waals surface area contributed by atoms with Gasteiger partial charge in [0.15, 0.2) is 5.17 Å². The Morgan fingerprint density at radius 1 is 1.10 bits per heavy atom. The molecule has 0 bridgehead atoms. The number of rotatable bonds is 4. The quantitative estimate of drug-likeness (QED) is 0.533. The third-order valence-electron chi connectivity index (χ3n) is 2.48. The molecule has 21 heavy (non-hydrogen) atoms. The number of hydrogen-bond donors (Lipinski definition) is 1. The molecule has 0 aliphatic rings. The first-order valence-corrected chi connectivity index (χ1v) is 7.11. The van der Waals surface area contributed by atoms with Crippen molar-refractivity contribution in [2.24, 2.45) is 15.9 Å². The van der Waals surface area contributed by atoms with Crippen LogP contribution >= 0.6 is 11.8 Å². The summed E-state index contributed by atoms with van der Waals surface area (Å²) in [5.41, 5.74) is 7.11. The molecule has 0 fully saturated rings. The molecule has 0 radical (unpaired) electrons. The first-order chi connectivity index (χ1) is 10.1. The second-order valence-corrected chi connectivity index (χ2v) is 5.16. The van der Waals surface area contributed by atoms with Crippen molar-refractivity contribution in [3.63, 3.8) is 0 Å². The molecule has 0 heterocycles. The zero-order chi connectivity index (χ0) is 15.1. The van der Waals surface area contributed by atoms with Gasteiger partial charge in [0, 0.05) is 17.4 Å². The number of nitrogens with zero attached hydrogens (tertiary/aromatic N) is 2. The van der Waals surface area contributed by atoms with Gasteiger partial charge in [0.1, 0.15) is 11.6 Å². The SMILES string of the molecule is NC(=NN=Cc1cc(F)cc(F)c1)SCc1ccccc1. The lowest BCUT2D eigenvalue weighted by Gasteiger charge is -1.99. The van der Waals surface area contributed by atoms with Gasteiger partial charge in [-0.15, -0.1) is 5.10 Å². The molecule has 3 nitrogen and oxygen atoms in total. The van der Waals surface area contributed by atoms with E-state index in [-0.39, 0.29) is 10.7 Å². The molecule has 0 aromatic heterocycles. The summed E-state index contributed by atoms with van der Waals surface area (Å²) in [7, 11) is 0. The van der Waals surface area contributed by atoms with Crippen LogP contribution in [0.3, 0.4) is 0 Å². The van der Waals surface area contributed by atoms with Crippen molar-refractivity contribution >= 4 is 23.1 Å². The molecule has 108 valence electrons. The molecule has 0 saturated heterocycles. The first-order valence-electron chi connectivity index (χ1n) is 6.13. The van der Waals surface area contributed by atoms with Crippen LogP contribution in [0.25, 0.3) is 0 Å². The summed E-state index contributed by atoms with van der Waals surface area (Å²) < 4.78 is 25.9. The average molecular weight is 305 g/mol. The summed E-state index contributed by atoms with van der Waals surface area (Å²) in [4.78, 5) is 0. The van der Waals surface area contributed by atoms with Crippen molar-refractivity contribution in [1.29, 1.82) is 0 Å². The Morgan fingerprint density at radius 2 is 1.76 bits per heavy atom. The highest BCUT2D eigenvalue weighted by Gasteiger charge is 1.98. The Morgan fingerprint density at radius 3 is 2.43 bits per heavy atom. The zero-order valence-electron chi connectivity index (χ0n) is 11.0. The fraction of sp³-hybridized carbons (Fsp3) is 0.0667. The summed E-state index contributed by atoms with van der Waals surface area (Å²) in [5, 5.41) is 7.78. The third-order valence-corrected chi connectivity index (χ3v) is 3.33. The molecule has 0 saturated carbocycles. The van der Waals surface area contributed by atoms with Gasteiger partial charge >= 0.3 is 0 Å². The van der Waals surface area contributed by atoms with Crippen LogP contribution in [0, 0.1) is 11.6 Å². The molecule has 0 aliphatic carbocycles. The molecular weight excluding hydrogens is 292 g/mol. The van der Waals surface area contributed by atoms with Crippen LogP contribution in [0.15, 0.2) is 58.7 Å². The summed E-state index contributed by atoms with van der Waals surface area (Å²) in [6.45, 7) is 0. The van der Waals surface area contributed by atoms with Crippen LogP contribution in [0.2, 0.25) is 0 Å². The van der Waals surface area contributed by atoms with Crippen molar-refractivity contribution in [3.8, 4) is 0 Å². The maximum Gasteiger partial charge on any atom is 0.180 e. The monoisotopic (exact) mass is 305 g/mol. The molecule has 2 aromatic rings. The molecule has 6 heteroatoms. The predicted molar refractivity (Wildman–Crippen MR) is 83.3 cm³/mol. The smallest absolute Gasteiger partial charge is 0.180 e. The Bertz CT molecular complexity index is 637. The van der Waals surface area contributed by atoms with Gasteiger partial charge in [-0.05, 0) is 17.7 Å². The molecule has 0 spiro atoms. The second kappa shape index (κ2) is 7.54. The summed E-state index contributed by atoms with van der Waals surface area (Å²) >= 11 is 1.34. The van der Waals surface area contributed by atoms with Crippen molar-refractivity contribution < 1.29 is 8.78 Å². The van der Waals surface area contributed by atoms with Gasteiger partial charge in [-0.3, -0.25) is 0 Å². The standard InChI is InChI=1S/C15H13F2N3S/c16-13-6-12(7-14(17)8-13)9-19-20-15(18)21-10-11-4-2-1-3-5-11/h1-9H,10H2,(H2,18,20). The highest BCUT2D eigenvalue weighted by molar-refractivity contribution is 8.13. The molecule has 0 unspecified atom stereocenters. The van der Waals surface area contributed by atoms with E-state index in [1.165, 1.54) is 18.0 Å². The molecule has 2 aromatic carbocycles. The lowest BCUT2D eigenvalue weighted by Crippen LogP contribution is -2.06. The van der Waals surface area contributed by atoms with Crippen molar-refractivity contribution in [3.05, 3.63) is 71.3 Å². The van der Waals surface area contributed by atoms with Crippen LogP contribution in [0.5, 0.6) is 0 Å². The van der Waals surface area contributed by atoms with E-state index in [1.54, 1.807) is 0 Å². The average Bonchev–Trinajstić information content (AvgIpc) is 2.45. The lowest BCUT2D eigenvalue weighted by molar-refractivity contribution is 0.583. The van der Waals surface area contributed by atoms with Gasteiger partial charge in [-0.2, -0.15) is 5.10 Å².